The Morgan fingerprint density at radius 2 is 1.54 bits per heavy atom. The van der Waals surface area contributed by atoms with Crippen molar-refractivity contribution in [1.82, 2.24) is 9.97 Å². The number of aromatic nitrogens is 2. The van der Waals surface area contributed by atoms with E-state index in [1.807, 2.05) is 37.3 Å². The monoisotopic (exact) mass is 335 g/mol. The van der Waals surface area contributed by atoms with E-state index in [1.54, 1.807) is 24.3 Å². The second-order valence-corrected chi connectivity index (χ2v) is 5.60. The standard InChI is InChI=1S/C18H14ClN5/c1-12-10-17(22-15-6-2-13(11-20)3-7-15)24-18(21-12)23-16-8-4-14(19)5-9-16/h2-10H,1H3,(H2,21,22,23,24). The summed E-state index contributed by atoms with van der Waals surface area (Å²) in [5.74, 6) is 1.16. The number of benzene rings is 2. The maximum atomic E-state index is 8.84. The molecule has 5 nitrogen and oxygen atoms in total. The number of aryl methyl sites for hydroxylation is 1. The molecule has 0 saturated heterocycles. The lowest BCUT2D eigenvalue weighted by molar-refractivity contribution is 1.11. The highest BCUT2D eigenvalue weighted by Gasteiger charge is 2.04. The van der Waals surface area contributed by atoms with Crippen LogP contribution in [0.4, 0.5) is 23.1 Å². The molecule has 0 aliphatic rings. The summed E-state index contributed by atoms with van der Waals surface area (Å²) in [5, 5.41) is 15.9. The SMILES string of the molecule is Cc1cc(Nc2ccc(C#N)cc2)nc(Nc2ccc(Cl)cc2)n1. The van der Waals surface area contributed by atoms with E-state index in [9.17, 15) is 0 Å². The third-order valence-corrected chi connectivity index (χ3v) is 3.49. The van der Waals surface area contributed by atoms with Crippen molar-refractivity contribution in [2.24, 2.45) is 0 Å². The average molecular weight is 336 g/mol. The molecule has 0 aliphatic heterocycles. The Morgan fingerprint density at radius 3 is 2.21 bits per heavy atom. The molecule has 0 bridgehead atoms. The highest BCUT2D eigenvalue weighted by atomic mass is 35.5. The largest absolute Gasteiger partial charge is 0.340 e. The number of anilines is 4. The number of nitrogens with one attached hydrogen (secondary N) is 2. The molecule has 1 heterocycles. The van der Waals surface area contributed by atoms with Gasteiger partial charge in [-0.1, -0.05) is 11.6 Å². The van der Waals surface area contributed by atoms with Crippen LogP contribution < -0.4 is 10.6 Å². The van der Waals surface area contributed by atoms with E-state index in [1.165, 1.54) is 0 Å². The maximum absolute atomic E-state index is 8.84. The van der Waals surface area contributed by atoms with Gasteiger partial charge in [-0.05, 0) is 55.5 Å². The number of halogens is 1. The van der Waals surface area contributed by atoms with E-state index in [0.717, 1.165) is 17.1 Å². The van der Waals surface area contributed by atoms with Crippen molar-refractivity contribution >= 4 is 34.7 Å². The highest BCUT2D eigenvalue weighted by molar-refractivity contribution is 6.30. The van der Waals surface area contributed by atoms with Crippen molar-refractivity contribution < 1.29 is 0 Å². The average Bonchev–Trinajstić information content (AvgIpc) is 2.57. The number of nitriles is 1. The van der Waals surface area contributed by atoms with Gasteiger partial charge in [0, 0.05) is 28.2 Å². The highest BCUT2D eigenvalue weighted by Crippen LogP contribution is 2.20. The number of hydrogen-bond donors (Lipinski definition) is 2. The van der Waals surface area contributed by atoms with E-state index in [4.69, 9.17) is 16.9 Å². The predicted octanol–water partition coefficient (Wildman–Crippen LogP) is 4.80. The van der Waals surface area contributed by atoms with E-state index in [0.29, 0.717) is 22.4 Å². The predicted molar refractivity (Wildman–Crippen MR) is 95.9 cm³/mol. The Labute approximate surface area is 145 Å². The fourth-order valence-corrected chi connectivity index (χ4v) is 2.25. The van der Waals surface area contributed by atoms with Crippen molar-refractivity contribution in [3.8, 4) is 6.07 Å². The van der Waals surface area contributed by atoms with Crippen molar-refractivity contribution in [3.05, 3.63) is 70.9 Å². The van der Waals surface area contributed by atoms with Crippen LogP contribution in [0.1, 0.15) is 11.3 Å². The first kappa shape index (κ1) is 15.8. The van der Waals surface area contributed by atoms with Crippen LogP contribution in [0.25, 0.3) is 0 Å². The van der Waals surface area contributed by atoms with Crippen LogP contribution in [-0.4, -0.2) is 9.97 Å². The third kappa shape index (κ3) is 4.00. The van der Waals surface area contributed by atoms with Crippen LogP contribution in [0.2, 0.25) is 5.02 Å². The zero-order valence-corrected chi connectivity index (χ0v) is 13.7. The Balaban J connectivity index is 1.80. The van der Waals surface area contributed by atoms with Crippen LogP contribution in [0, 0.1) is 18.3 Å². The lowest BCUT2D eigenvalue weighted by Crippen LogP contribution is -2.02. The minimum absolute atomic E-state index is 0.494. The fraction of sp³-hybridized carbons (Fsp3) is 0.0556. The number of rotatable bonds is 4. The van der Waals surface area contributed by atoms with Crippen molar-refractivity contribution in [2.45, 2.75) is 6.92 Å². The number of hydrogen-bond acceptors (Lipinski definition) is 5. The van der Waals surface area contributed by atoms with Gasteiger partial charge in [-0.3, -0.25) is 0 Å². The Hall–Kier alpha value is -3.10. The van der Waals surface area contributed by atoms with Crippen molar-refractivity contribution in [3.63, 3.8) is 0 Å². The Kier molecular flexibility index (Phi) is 4.59. The molecule has 0 aliphatic carbocycles. The normalized spacial score (nSPS) is 10.0. The zero-order valence-electron chi connectivity index (χ0n) is 12.9. The minimum Gasteiger partial charge on any atom is -0.340 e. The molecule has 24 heavy (non-hydrogen) atoms. The Bertz CT molecular complexity index is 883. The van der Waals surface area contributed by atoms with Gasteiger partial charge in [0.2, 0.25) is 5.95 Å². The smallest absolute Gasteiger partial charge is 0.229 e. The molecule has 3 aromatic rings. The van der Waals surface area contributed by atoms with Crippen LogP contribution in [0.3, 0.4) is 0 Å². The number of nitrogens with zero attached hydrogens (tertiary/aromatic N) is 3. The lowest BCUT2D eigenvalue weighted by Gasteiger charge is -2.10. The van der Waals surface area contributed by atoms with Gasteiger partial charge in [-0.25, -0.2) is 4.98 Å². The molecule has 0 amide bonds. The third-order valence-electron chi connectivity index (χ3n) is 3.24. The van der Waals surface area contributed by atoms with Crippen molar-refractivity contribution in [2.75, 3.05) is 10.6 Å². The molecule has 1 aromatic heterocycles. The zero-order chi connectivity index (χ0) is 16.9. The molecule has 0 saturated carbocycles. The van der Waals surface area contributed by atoms with E-state index in [2.05, 4.69) is 26.7 Å². The molecular formula is C18H14ClN5. The molecule has 3 rings (SSSR count). The Morgan fingerprint density at radius 1 is 0.917 bits per heavy atom. The summed E-state index contributed by atoms with van der Waals surface area (Å²) in [4.78, 5) is 8.84. The fourth-order valence-electron chi connectivity index (χ4n) is 2.13. The van der Waals surface area contributed by atoms with Gasteiger partial charge in [-0.2, -0.15) is 10.2 Å². The van der Waals surface area contributed by atoms with Gasteiger partial charge in [0.1, 0.15) is 5.82 Å². The van der Waals surface area contributed by atoms with Gasteiger partial charge in [0.05, 0.1) is 11.6 Å². The summed E-state index contributed by atoms with van der Waals surface area (Å²) in [5.41, 5.74) is 3.15. The van der Waals surface area contributed by atoms with Crippen LogP contribution in [0.5, 0.6) is 0 Å². The van der Waals surface area contributed by atoms with Crippen LogP contribution in [-0.2, 0) is 0 Å². The van der Waals surface area contributed by atoms with E-state index >= 15 is 0 Å². The van der Waals surface area contributed by atoms with Gasteiger partial charge < -0.3 is 10.6 Å². The molecule has 2 N–H and O–H groups in total. The van der Waals surface area contributed by atoms with Gasteiger partial charge in [0.25, 0.3) is 0 Å². The summed E-state index contributed by atoms with van der Waals surface area (Å²) in [6.07, 6.45) is 0. The molecule has 0 spiro atoms. The summed E-state index contributed by atoms with van der Waals surface area (Å²) in [6.45, 7) is 1.90. The summed E-state index contributed by atoms with van der Waals surface area (Å²) in [7, 11) is 0. The molecule has 2 aromatic carbocycles. The first-order chi connectivity index (χ1) is 11.6. The first-order valence-electron chi connectivity index (χ1n) is 7.28. The van der Waals surface area contributed by atoms with Gasteiger partial charge in [0.15, 0.2) is 0 Å². The second-order valence-electron chi connectivity index (χ2n) is 5.16. The lowest BCUT2D eigenvalue weighted by atomic mass is 10.2. The van der Waals surface area contributed by atoms with Crippen LogP contribution >= 0.6 is 11.6 Å². The molecule has 0 radical (unpaired) electrons. The van der Waals surface area contributed by atoms with E-state index in [-0.39, 0.29) is 0 Å². The van der Waals surface area contributed by atoms with E-state index < -0.39 is 0 Å². The summed E-state index contributed by atoms with van der Waals surface area (Å²) in [6, 6.07) is 18.5. The first-order valence-corrected chi connectivity index (χ1v) is 7.66. The quantitative estimate of drug-likeness (QED) is 0.716. The second kappa shape index (κ2) is 6.99. The summed E-state index contributed by atoms with van der Waals surface area (Å²) < 4.78 is 0. The maximum Gasteiger partial charge on any atom is 0.229 e. The topological polar surface area (TPSA) is 73.6 Å². The summed E-state index contributed by atoms with van der Waals surface area (Å²) >= 11 is 5.89. The molecule has 6 heteroatoms. The van der Waals surface area contributed by atoms with Gasteiger partial charge in [-0.15, -0.1) is 0 Å². The van der Waals surface area contributed by atoms with Gasteiger partial charge >= 0.3 is 0 Å². The molecule has 0 fully saturated rings. The minimum atomic E-state index is 0.494. The van der Waals surface area contributed by atoms with Crippen LogP contribution in [0.15, 0.2) is 54.6 Å². The molecule has 118 valence electrons. The molecular weight excluding hydrogens is 322 g/mol. The molecule has 0 atom stereocenters. The molecule has 0 unspecified atom stereocenters. The van der Waals surface area contributed by atoms with Crippen molar-refractivity contribution in [1.29, 1.82) is 5.26 Å².